The molecule has 1 aromatic rings. The van der Waals surface area contributed by atoms with Gasteiger partial charge in [0.25, 0.3) is 5.91 Å². The molecular formula is C11H17BrN4O2. The monoisotopic (exact) mass is 316 g/mol. The Hall–Kier alpha value is -0.920. The van der Waals surface area contributed by atoms with E-state index >= 15 is 0 Å². The number of hydrogen-bond donors (Lipinski definition) is 2. The highest BCUT2D eigenvalue weighted by Crippen LogP contribution is 2.24. The van der Waals surface area contributed by atoms with Gasteiger partial charge in [-0.3, -0.25) is 14.9 Å². The van der Waals surface area contributed by atoms with Gasteiger partial charge in [-0.1, -0.05) is 0 Å². The molecule has 0 aliphatic carbocycles. The predicted molar refractivity (Wildman–Crippen MR) is 69.6 cm³/mol. The molecule has 1 amide bonds. The van der Waals surface area contributed by atoms with E-state index in [2.05, 4.69) is 26.5 Å². The number of carbonyl (C=O) groups excluding carboxylic acids is 1. The smallest absolute Gasteiger partial charge is 0.263 e. The van der Waals surface area contributed by atoms with Crippen molar-refractivity contribution < 1.29 is 9.53 Å². The zero-order valence-corrected chi connectivity index (χ0v) is 12.0. The van der Waals surface area contributed by atoms with E-state index in [0.29, 0.717) is 13.0 Å². The molecule has 0 bridgehead atoms. The first-order chi connectivity index (χ1) is 8.52. The van der Waals surface area contributed by atoms with E-state index in [1.165, 1.54) is 0 Å². The minimum absolute atomic E-state index is 0.0113. The SMILES string of the molecule is Cc1nn(CC2CCC(C(=O)NN)O2)c(C)c1Br. The lowest BCUT2D eigenvalue weighted by atomic mass is 10.2. The van der Waals surface area contributed by atoms with Crippen molar-refractivity contribution in [3.8, 4) is 0 Å². The number of amides is 1. The van der Waals surface area contributed by atoms with Crippen LogP contribution in [0.1, 0.15) is 24.2 Å². The maximum absolute atomic E-state index is 11.3. The predicted octanol–water partition coefficient (Wildman–Crippen LogP) is 0.800. The van der Waals surface area contributed by atoms with Crippen LogP contribution in [0.3, 0.4) is 0 Å². The highest BCUT2D eigenvalue weighted by molar-refractivity contribution is 9.10. The number of hydrogen-bond acceptors (Lipinski definition) is 4. The van der Waals surface area contributed by atoms with E-state index in [1.54, 1.807) is 0 Å². The fraction of sp³-hybridized carbons (Fsp3) is 0.636. The van der Waals surface area contributed by atoms with Crippen LogP contribution in [0.4, 0.5) is 0 Å². The molecule has 7 heteroatoms. The molecule has 1 saturated heterocycles. The summed E-state index contributed by atoms with van der Waals surface area (Å²) in [6.45, 7) is 4.61. The van der Waals surface area contributed by atoms with Gasteiger partial charge < -0.3 is 4.74 Å². The standard InChI is InChI=1S/C11H17BrN4O2/c1-6-10(12)7(2)16(15-6)5-8-3-4-9(18-8)11(17)14-13/h8-9H,3-5,13H2,1-2H3,(H,14,17). The van der Waals surface area contributed by atoms with Crippen LogP contribution in [0, 0.1) is 13.8 Å². The summed E-state index contributed by atoms with van der Waals surface area (Å²) in [5.74, 6) is 4.84. The van der Waals surface area contributed by atoms with Gasteiger partial charge in [0.15, 0.2) is 0 Å². The number of aromatic nitrogens is 2. The van der Waals surface area contributed by atoms with Crippen LogP contribution in [0.15, 0.2) is 4.47 Å². The second kappa shape index (κ2) is 5.38. The van der Waals surface area contributed by atoms with Gasteiger partial charge in [-0.2, -0.15) is 5.10 Å². The van der Waals surface area contributed by atoms with Crippen LogP contribution < -0.4 is 11.3 Å². The molecule has 2 atom stereocenters. The molecule has 6 nitrogen and oxygen atoms in total. The summed E-state index contributed by atoms with van der Waals surface area (Å²) >= 11 is 3.49. The van der Waals surface area contributed by atoms with E-state index in [-0.39, 0.29) is 12.0 Å². The van der Waals surface area contributed by atoms with E-state index < -0.39 is 6.10 Å². The molecule has 1 aliphatic rings. The van der Waals surface area contributed by atoms with Gasteiger partial charge in [-0.25, -0.2) is 5.84 Å². The topological polar surface area (TPSA) is 82.2 Å². The number of aryl methyl sites for hydroxylation is 1. The number of rotatable bonds is 3. The van der Waals surface area contributed by atoms with Crippen LogP contribution in [-0.4, -0.2) is 27.9 Å². The zero-order chi connectivity index (χ0) is 13.3. The van der Waals surface area contributed by atoms with Crippen molar-refractivity contribution in [2.24, 2.45) is 5.84 Å². The lowest BCUT2D eigenvalue weighted by Crippen LogP contribution is -2.39. The Morgan fingerprint density at radius 1 is 1.61 bits per heavy atom. The lowest BCUT2D eigenvalue weighted by Gasteiger charge is -2.13. The summed E-state index contributed by atoms with van der Waals surface area (Å²) in [6, 6.07) is 0. The third-order valence-corrected chi connectivity index (χ3v) is 4.36. The Morgan fingerprint density at radius 3 is 2.89 bits per heavy atom. The summed E-state index contributed by atoms with van der Waals surface area (Å²) in [4.78, 5) is 11.3. The maximum atomic E-state index is 11.3. The Bertz CT molecular complexity index is 460. The summed E-state index contributed by atoms with van der Waals surface area (Å²) in [7, 11) is 0. The van der Waals surface area contributed by atoms with Gasteiger partial charge >= 0.3 is 0 Å². The first kappa shape index (κ1) is 13.5. The van der Waals surface area contributed by atoms with Gasteiger partial charge in [0, 0.05) is 5.69 Å². The van der Waals surface area contributed by atoms with E-state index in [9.17, 15) is 4.79 Å². The van der Waals surface area contributed by atoms with Gasteiger partial charge in [0.2, 0.25) is 0 Å². The molecule has 0 radical (unpaired) electrons. The van der Waals surface area contributed by atoms with E-state index in [0.717, 1.165) is 22.3 Å². The molecule has 1 aromatic heterocycles. The molecule has 0 saturated carbocycles. The highest BCUT2D eigenvalue weighted by Gasteiger charge is 2.31. The van der Waals surface area contributed by atoms with E-state index in [4.69, 9.17) is 10.6 Å². The average molecular weight is 317 g/mol. The fourth-order valence-electron chi connectivity index (χ4n) is 2.17. The summed E-state index contributed by atoms with van der Waals surface area (Å²) in [6.07, 6.45) is 1.12. The van der Waals surface area contributed by atoms with Crippen molar-refractivity contribution in [3.63, 3.8) is 0 Å². The van der Waals surface area contributed by atoms with Crippen LogP contribution >= 0.6 is 15.9 Å². The quantitative estimate of drug-likeness (QED) is 0.491. The summed E-state index contributed by atoms with van der Waals surface area (Å²) in [5, 5.41) is 4.43. The maximum Gasteiger partial charge on any atom is 0.263 e. The molecule has 2 heterocycles. The van der Waals surface area contributed by atoms with Crippen molar-refractivity contribution in [3.05, 3.63) is 15.9 Å². The molecule has 2 unspecified atom stereocenters. The Labute approximate surface area is 114 Å². The Balaban J connectivity index is 1.99. The van der Waals surface area contributed by atoms with Crippen molar-refractivity contribution in [2.45, 2.75) is 45.4 Å². The average Bonchev–Trinajstić information content (AvgIpc) is 2.91. The fourth-order valence-corrected chi connectivity index (χ4v) is 2.46. The lowest BCUT2D eigenvalue weighted by molar-refractivity contribution is -0.132. The molecule has 18 heavy (non-hydrogen) atoms. The highest BCUT2D eigenvalue weighted by atomic mass is 79.9. The zero-order valence-electron chi connectivity index (χ0n) is 10.4. The molecule has 1 aliphatic heterocycles. The van der Waals surface area contributed by atoms with E-state index in [1.807, 2.05) is 18.5 Å². The number of nitrogens with zero attached hydrogens (tertiary/aromatic N) is 2. The van der Waals surface area contributed by atoms with Crippen molar-refractivity contribution in [1.29, 1.82) is 0 Å². The minimum atomic E-state index is -0.430. The number of ether oxygens (including phenoxy) is 1. The Kier molecular flexibility index (Phi) is 4.04. The minimum Gasteiger partial charge on any atom is -0.363 e. The Morgan fingerprint density at radius 2 is 2.33 bits per heavy atom. The van der Waals surface area contributed by atoms with Crippen LogP contribution in [-0.2, 0) is 16.1 Å². The summed E-state index contributed by atoms with van der Waals surface area (Å²) in [5.41, 5.74) is 4.15. The molecular weight excluding hydrogens is 300 g/mol. The largest absolute Gasteiger partial charge is 0.363 e. The number of halogens is 1. The normalized spacial score (nSPS) is 23.3. The number of carbonyl (C=O) groups is 1. The van der Waals surface area contributed by atoms with Crippen molar-refractivity contribution in [2.75, 3.05) is 0 Å². The molecule has 100 valence electrons. The summed E-state index contributed by atoms with van der Waals surface area (Å²) < 4.78 is 8.59. The van der Waals surface area contributed by atoms with Crippen LogP contribution in [0.2, 0.25) is 0 Å². The van der Waals surface area contributed by atoms with Gasteiger partial charge in [0.05, 0.1) is 22.8 Å². The first-order valence-electron chi connectivity index (χ1n) is 5.88. The number of nitrogens with two attached hydrogens (primary N) is 1. The van der Waals surface area contributed by atoms with Crippen LogP contribution in [0.5, 0.6) is 0 Å². The molecule has 1 fully saturated rings. The molecule has 3 N–H and O–H groups in total. The third kappa shape index (κ3) is 2.57. The van der Waals surface area contributed by atoms with Crippen molar-refractivity contribution >= 4 is 21.8 Å². The third-order valence-electron chi connectivity index (χ3n) is 3.21. The van der Waals surface area contributed by atoms with Crippen molar-refractivity contribution in [1.82, 2.24) is 15.2 Å². The molecule has 0 spiro atoms. The number of hydrazine groups is 1. The first-order valence-corrected chi connectivity index (χ1v) is 6.67. The van der Waals surface area contributed by atoms with Crippen LogP contribution in [0.25, 0.3) is 0 Å². The molecule has 2 rings (SSSR count). The van der Waals surface area contributed by atoms with Gasteiger partial charge in [-0.05, 0) is 42.6 Å². The van der Waals surface area contributed by atoms with Gasteiger partial charge in [-0.15, -0.1) is 0 Å². The molecule has 0 aromatic carbocycles. The van der Waals surface area contributed by atoms with Gasteiger partial charge in [0.1, 0.15) is 6.10 Å². The number of nitrogens with one attached hydrogen (secondary N) is 1. The second-order valence-corrected chi connectivity index (χ2v) is 5.29. The second-order valence-electron chi connectivity index (χ2n) is 4.50.